The molecule has 53 heavy (non-hydrogen) atoms. The van der Waals surface area contributed by atoms with Crippen molar-refractivity contribution < 1.29 is 23.5 Å². The summed E-state index contributed by atoms with van der Waals surface area (Å²) in [6, 6.07) is 19.4. The minimum absolute atomic E-state index is 0. The highest BCUT2D eigenvalue weighted by molar-refractivity contribution is 9.10. The van der Waals surface area contributed by atoms with Crippen LogP contribution in [0.4, 0.5) is 9.18 Å². The molecule has 2 amide bonds. The van der Waals surface area contributed by atoms with E-state index in [2.05, 4.69) is 38.7 Å². The van der Waals surface area contributed by atoms with Crippen LogP contribution in [0.25, 0.3) is 5.57 Å². The van der Waals surface area contributed by atoms with Gasteiger partial charge in [-0.3, -0.25) is 9.69 Å². The first-order valence-corrected chi connectivity index (χ1v) is 19.7. The molecule has 14 heteroatoms. The van der Waals surface area contributed by atoms with Crippen molar-refractivity contribution in [3.63, 3.8) is 0 Å². The van der Waals surface area contributed by atoms with Gasteiger partial charge in [0.1, 0.15) is 11.6 Å². The lowest BCUT2D eigenvalue weighted by Crippen LogP contribution is -2.64. The number of carbonyl (C=O) groups excluding carboxylic acids is 2. The number of nitrogens with one attached hydrogen (secondary N) is 2. The maximum Gasteiger partial charge on any atom is 0.411 e. The van der Waals surface area contributed by atoms with E-state index < -0.39 is 21.5 Å². The van der Waals surface area contributed by atoms with E-state index in [0.717, 1.165) is 60.8 Å². The molecule has 6 rings (SSSR count). The van der Waals surface area contributed by atoms with Crippen LogP contribution in [0.3, 0.4) is 0 Å². The Morgan fingerprint density at radius 3 is 2.43 bits per heavy atom. The Labute approximate surface area is 344 Å². The number of alkyl halides is 3. The SMILES string of the molecule is CC(C)(OC(=O)N1C2CNC[C@@H]1C(C(=O)NC1(CCc3ccccc3Cl)CC1)=C(c1ccc(CCCOc3cc(F)ccc3Br)cc1)C2)C(Cl)(Cl)Cl.Cl. The molecule has 1 saturated carbocycles. The number of halogens is 7. The van der Waals surface area contributed by atoms with E-state index in [9.17, 15) is 14.0 Å². The summed E-state index contributed by atoms with van der Waals surface area (Å²) in [5.41, 5.74) is 2.70. The number of ether oxygens (including phenoxy) is 2. The number of nitrogens with zero attached hydrogens (tertiary/aromatic N) is 1. The van der Waals surface area contributed by atoms with Gasteiger partial charge in [-0.15, -0.1) is 12.4 Å². The Balaban J connectivity index is 0.00000541. The first kappa shape index (κ1) is 41.9. The maximum absolute atomic E-state index is 14.5. The van der Waals surface area contributed by atoms with Gasteiger partial charge >= 0.3 is 6.09 Å². The van der Waals surface area contributed by atoms with Crippen molar-refractivity contribution in [1.82, 2.24) is 15.5 Å². The molecule has 3 aromatic rings. The van der Waals surface area contributed by atoms with E-state index >= 15 is 0 Å². The summed E-state index contributed by atoms with van der Waals surface area (Å²) in [4.78, 5) is 30.0. The third-order valence-corrected chi connectivity index (χ3v) is 12.5. The van der Waals surface area contributed by atoms with Gasteiger partial charge in [-0.1, -0.05) is 88.9 Å². The Morgan fingerprint density at radius 1 is 1.04 bits per heavy atom. The smallest absolute Gasteiger partial charge is 0.411 e. The number of piperazine rings is 1. The summed E-state index contributed by atoms with van der Waals surface area (Å²) < 4.78 is 24.1. The van der Waals surface area contributed by atoms with Gasteiger partial charge in [0.05, 0.1) is 23.2 Å². The summed E-state index contributed by atoms with van der Waals surface area (Å²) in [5.74, 6) is -0.0899. The van der Waals surface area contributed by atoms with E-state index in [4.69, 9.17) is 55.9 Å². The highest BCUT2D eigenvalue weighted by atomic mass is 79.9. The lowest BCUT2D eigenvalue weighted by Gasteiger charge is -2.48. The molecule has 1 unspecified atom stereocenters. The minimum atomic E-state index is -1.86. The van der Waals surface area contributed by atoms with E-state index in [0.29, 0.717) is 46.9 Å². The highest BCUT2D eigenvalue weighted by Crippen LogP contribution is 2.44. The number of benzene rings is 3. The van der Waals surface area contributed by atoms with Gasteiger partial charge in [-0.25, -0.2) is 9.18 Å². The van der Waals surface area contributed by atoms with E-state index in [-0.39, 0.29) is 35.7 Å². The third kappa shape index (κ3) is 9.96. The normalized spacial score (nSPS) is 19.3. The van der Waals surface area contributed by atoms with Crippen molar-refractivity contribution in [2.75, 3.05) is 19.7 Å². The van der Waals surface area contributed by atoms with Crippen molar-refractivity contribution in [3.05, 3.63) is 104 Å². The molecule has 286 valence electrons. The Morgan fingerprint density at radius 2 is 1.75 bits per heavy atom. The van der Waals surface area contributed by atoms with Crippen LogP contribution < -0.4 is 15.4 Å². The van der Waals surface area contributed by atoms with Gasteiger partial charge in [0.15, 0.2) is 5.60 Å². The van der Waals surface area contributed by atoms with Crippen molar-refractivity contribution in [2.24, 2.45) is 0 Å². The van der Waals surface area contributed by atoms with Crippen LogP contribution in [0.15, 0.2) is 76.8 Å². The number of hydrogen-bond donors (Lipinski definition) is 2. The van der Waals surface area contributed by atoms with E-state index in [1.165, 1.54) is 12.1 Å². The van der Waals surface area contributed by atoms with Gasteiger partial charge in [-0.2, -0.15) is 0 Å². The monoisotopic (exact) mass is 889 g/mol. The Hall–Kier alpha value is -2.24. The van der Waals surface area contributed by atoms with Crippen LogP contribution in [0.1, 0.15) is 62.6 Å². The number of rotatable bonds is 12. The second-order valence-corrected chi connectivity index (χ2v) is 17.8. The average Bonchev–Trinajstić information content (AvgIpc) is 3.85. The zero-order valence-corrected chi connectivity index (χ0v) is 34.8. The van der Waals surface area contributed by atoms with Gasteiger partial charge < -0.3 is 20.1 Å². The molecule has 2 aliphatic heterocycles. The molecule has 1 saturated heterocycles. The number of hydrogen-bond acceptors (Lipinski definition) is 5. The molecule has 3 aliphatic rings. The van der Waals surface area contributed by atoms with Gasteiger partial charge in [0, 0.05) is 35.3 Å². The summed E-state index contributed by atoms with van der Waals surface area (Å²) in [6.07, 6.45) is 4.46. The highest BCUT2D eigenvalue weighted by Gasteiger charge is 2.51. The molecule has 1 aliphatic carbocycles. The largest absolute Gasteiger partial charge is 0.492 e. The summed E-state index contributed by atoms with van der Waals surface area (Å²) in [7, 11) is 0. The number of fused-ring (bicyclic) bond motifs is 2. The predicted molar refractivity (Wildman–Crippen MR) is 216 cm³/mol. The topological polar surface area (TPSA) is 79.9 Å². The fourth-order valence-corrected chi connectivity index (χ4v) is 7.56. The second-order valence-electron chi connectivity index (χ2n) is 14.3. The van der Waals surface area contributed by atoms with Crippen LogP contribution in [0.2, 0.25) is 5.02 Å². The summed E-state index contributed by atoms with van der Waals surface area (Å²) >= 11 is 28.4. The third-order valence-electron chi connectivity index (χ3n) is 10.2. The molecule has 2 bridgehead atoms. The number of amides is 2. The molecule has 0 radical (unpaired) electrons. The fourth-order valence-electron chi connectivity index (χ4n) is 6.85. The van der Waals surface area contributed by atoms with Crippen molar-refractivity contribution in [1.29, 1.82) is 0 Å². The van der Waals surface area contributed by atoms with Gasteiger partial charge in [0.2, 0.25) is 9.70 Å². The maximum atomic E-state index is 14.5. The molecule has 2 N–H and O–H groups in total. The van der Waals surface area contributed by atoms with Crippen molar-refractivity contribution in [2.45, 2.75) is 85.8 Å². The van der Waals surface area contributed by atoms with Crippen LogP contribution in [-0.2, 0) is 22.4 Å². The van der Waals surface area contributed by atoms with Gasteiger partial charge in [0.25, 0.3) is 0 Å². The summed E-state index contributed by atoms with van der Waals surface area (Å²) in [5, 5.41) is 7.51. The summed E-state index contributed by atoms with van der Waals surface area (Å²) in [6.45, 7) is 4.40. The van der Waals surface area contributed by atoms with E-state index in [1.807, 2.05) is 36.4 Å². The second kappa shape index (κ2) is 17.3. The van der Waals surface area contributed by atoms with Crippen LogP contribution in [0.5, 0.6) is 5.75 Å². The molecular weight excluding hydrogens is 851 g/mol. The first-order valence-electron chi connectivity index (χ1n) is 17.4. The van der Waals surface area contributed by atoms with Crippen LogP contribution >= 0.6 is 74.7 Å². The predicted octanol–water partition coefficient (Wildman–Crippen LogP) is 10.0. The van der Waals surface area contributed by atoms with Crippen molar-refractivity contribution >= 4 is 92.3 Å². The first-order chi connectivity index (χ1) is 24.7. The lowest BCUT2D eigenvalue weighted by molar-refractivity contribution is -0.119. The molecule has 3 aromatic carbocycles. The molecule has 2 fully saturated rings. The van der Waals surface area contributed by atoms with Gasteiger partial charge in [-0.05, 0) is 115 Å². The average molecular weight is 893 g/mol. The molecular formula is C39H42BrCl5FN3O4. The lowest BCUT2D eigenvalue weighted by atomic mass is 9.81. The van der Waals surface area contributed by atoms with Crippen LogP contribution in [0, 0.1) is 5.82 Å². The minimum Gasteiger partial charge on any atom is -0.492 e. The zero-order chi connectivity index (χ0) is 37.3. The standard InChI is InChI=1S/C39H41BrCl4FN3O4.ClH/c1-37(2,39(42,43)44)52-36(50)48-28-21-29(25-11-9-24(10-12-25)6-5-19-51-33-20-27(45)13-14-30(33)40)34(32(48)23-46-22-28)35(49)47-38(17-18-38)16-15-26-7-3-4-8-31(26)41;/h3-4,7-14,20,28,32,46H,5-6,15-19,21-23H2,1-2H3,(H,47,49);1H/t28?,32-;/m1./s1. The molecule has 0 aromatic heterocycles. The fraction of sp³-hybridized carbons (Fsp3) is 0.436. The molecule has 2 heterocycles. The van der Waals surface area contributed by atoms with Crippen molar-refractivity contribution in [3.8, 4) is 5.75 Å². The number of carbonyl (C=O) groups is 2. The zero-order valence-electron chi connectivity index (χ0n) is 29.3. The Bertz CT molecular complexity index is 1830. The molecule has 0 spiro atoms. The quantitative estimate of drug-likeness (QED) is 0.140. The number of aryl methyl sites for hydroxylation is 2. The Kier molecular flexibility index (Phi) is 13.7. The van der Waals surface area contributed by atoms with Crippen LogP contribution in [-0.4, -0.2) is 63.6 Å². The molecule has 7 nitrogen and oxygen atoms in total. The van der Waals surface area contributed by atoms with E-state index in [1.54, 1.807) is 24.8 Å². The molecule has 2 atom stereocenters.